The SMILES string of the molecule is CCOCCN(CC)S(=O)(=O)c1cc(CN)sc1C. The van der Waals surface area contributed by atoms with E-state index in [0.29, 0.717) is 37.7 Å². The van der Waals surface area contributed by atoms with Gasteiger partial charge in [-0.25, -0.2) is 8.42 Å². The summed E-state index contributed by atoms with van der Waals surface area (Å²) in [6.45, 7) is 7.71. The van der Waals surface area contributed by atoms with Gasteiger partial charge < -0.3 is 10.5 Å². The predicted octanol–water partition coefficient (Wildman–Crippen LogP) is 1.56. The van der Waals surface area contributed by atoms with Crippen molar-refractivity contribution in [1.82, 2.24) is 4.31 Å². The average Bonchev–Trinajstić information content (AvgIpc) is 2.76. The number of sulfonamides is 1. The van der Waals surface area contributed by atoms with E-state index in [1.807, 2.05) is 20.8 Å². The number of thiophene rings is 1. The van der Waals surface area contributed by atoms with Gasteiger partial charge in [0.2, 0.25) is 10.0 Å². The van der Waals surface area contributed by atoms with Crippen LogP contribution < -0.4 is 5.73 Å². The Hall–Kier alpha value is -0.470. The number of likely N-dealkylation sites (N-methyl/N-ethyl adjacent to an activating group) is 1. The fourth-order valence-corrected chi connectivity index (χ4v) is 4.69. The zero-order valence-corrected chi connectivity index (χ0v) is 13.3. The van der Waals surface area contributed by atoms with Crippen molar-refractivity contribution in [2.24, 2.45) is 5.73 Å². The molecule has 0 spiro atoms. The number of rotatable bonds is 8. The first kappa shape index (κ1) is 16.6. The van der Waals surface area contributed by atoms with E-state index >= 15 is 0 Å². The van der Waals surface area contributed by atoms with Crippen LogP contribution in [0.3, 0.4) is 0 Å². The number of hydrogen-bond acceptors (Lipinski definition) is 5. The minimum Gasteiger partial charge on any atom is -0.380 e. The first-order valence-corrected chi connectivity index (χ1v) is 8.60. The molecule has 0 saturated heterocycles. The van der Waals surface area contributed by atoms with Crippen molar-refractivity contribution >= 4 is 21.4 Å². The van der Waals surface area contributed by atoms with Crippen LogP contribution in [0.25, 0.3) is 0 Å². The summed E-state index contributed by atoms with van der Waals surface area (Å²) in [5, 5.41) is 0. The van der Waals surface area contributed by atoms with Gasteiger partial charge in [-0.15, -0.1) is 11.3 Å². The molecular weight excluding hydrogens is 284 g/mol. The van der Waals surface area contributed by atoms with Crippen LogP contribution in [-0.4, -0.2) is 39.0 Å². The third-order valence-corrected chi connectivity index (χ3v) is 6.09. The summed E-state index contributed by atoms with van der Waals surface area (Å²) in [5.41, 5.74) is 5.56. The Bertz CT molecular complexity index is 497. The quantitative estimate of drug-likeness (QED) is 0.740. The largest absolute Gasteiger partial charge is 0.380 e. The molecule has 0 amide bonds. The molecule has 0 unspecified atom stereocenters. The fraction of sp³-hybridized carbons (Fsp3) is 0.667. The summed E-state index contributed by atoms with van der Waals surface area (Å²) < 4.78 is 31.8. The number of nitrogens with zero attached hydrogens (tertiary/aromatic N) is 1. The summed E-state index contributed by atoms with van der Waals surface area (Å²) in [4.78, 5) is 2.04. The molecule has 0 bridgehead atoms. The van der Waals surface area contributed by atoms with Crippen molar-refractivity contribution in [3.63, 3.8) is 0 Å². The topological polar surface area (TPSA) is 72.6 Å². The van der Waals surface area contributed by atoms with Gasteiger partial charge in [0.15, 0.2) is 0 Å². The highest BCUT2D eigenvalue weighted by Crippen LogP contribution is 2.27. The second-order valence-corrected chi connectivity index (χ2v) is 7.28. The molecule has 5 nitrogen and oxygen atoms in total. The molecule has 0 fully saturated rings. The van der Waals surface area contributed by atoms with E-state index in [9.17, 15) is 8.42 Å². The van der Waals surface area contributed by atoms with Crippen molar-refractivity contribution in [3.05, 3.63) is 15.8 Å². The number of hydrogen-bond donors (Lipinski definition) is 1. The third kappa shape index (κ3) is 4.00. The lowest BCUT2D eigenvalue weighted by atomic mass is 10.4. The molecule has 0 aliphatic rings. The minimum absolute atomic E-state index is 0.367. The Balaban J connectivity index is 2.96. The normalized spacial score (nSPS) is 12.3. The van der Waals surface area contributed by atoms with Gasteiger partial charge in [0.25, 0.3) is 0 Å². The average molecular weight is 306 g/mol. The smallest absolute Gasteiger partial charge is 0.244 e. The molecule has 0 aliphatic heterocycles. The third-order valence-electron chi connectivity index (χ3n) is 2.78. The highest BCUT2D eigenvalue weighted by atomic mass is 32.2. The standard InChI is InChI=1S/C12H22N2O3S2/c1-4-14(6-7-17-5-2)19(15,16)12-8-11(9-13)18-10(12)3/h8H,4-7,9,13H2,1-3H3. The number of aryl methyl sites for hydroxylation is 1. The van der Waals surface area contributed by atoms with Gasteiger partial charge in [-0.2, -0.15) is 4.31 Å². The van der Waals surface area contributed by atoms with Crippen LogP contribution in [-0.2, 0) is 21.3 Å². The molecule has 110 valence electrons. The minimum atomic E-state index is -3.44. The molecule has 0 aliphatic carbocycles. The lowest BCUT2D eigenvalue weighted by molar-refractivity contribution is 0.135. The van der Waals surface area contributed by atoms with Crippen molar-refractivity contribution < 1.29 is 13.2 Å². The van der Waals surface area contributed by atoms with Gasteiger partial charge in [-0.05, 0) is 19.9 Å². The van der Waals surface area contributed by atoms with E-state index in [2.05, 4.69) is 0 Å². The fourth-order valence-electron chi connectivity index (χ4n) is 1.78. The molecule has 0 aromatic carbocycles. The lowest BCUT2D eigenvalue weighted by Crippen LogP contribution is -2.34. The Morgan fingerprint density at radius 2 is 2.11 bits per heavy atom. The van der Waals surface area contributed by atoms with Crippen molar-refractivity contribution in [2.45, 2.75) is 32.2 Å². The van der Waals surface area contributed by atoms with E-state index in [1.165, 1.54) is 15.6 Å². The van der Waals surface area contributed by atoms with Crippen LogP contribution in [0, 0.1) is 6.92 Å². The molecule has 0 atom stereocenters. The Labute approximate surface area is 119 Å². The molecule has 0 radical (unpaired) electrons. The molecule has 1 rings (SSSR count). The Morgan fingerprint density at radius 1 is 1.42 bits per heavy atom. The predicted molar refractivity (Wildman–Crippen MR) is 77.9 cm³/mol. The van der Waals surface area contributed by atoms with Crippen LogP contribution in [0.1, 0.15) is 23.6 Å². The van der Waals surface area contributed by atoms with E-state index in [-0.39, 0.29) is 0 Å². The maximum absolute atomic E-state index is 12.5. The molecular formula is C12H22N2O3S2. The second kappa shape index (κ2) is 7.35. The number of nitrogens with two attached hydrogens (primary N) is 1. The zero-order chi connectivity index (χ0) is 14.5. The van der Waals surface area contributed by atoms with Crippen molar-refractivity contribution in [1.29, 1.82) is 0 Å². The number of ether oxygens (including phenoxy) is 1. The van der Waals surface area contributed by atoms with Gasteiger partial charge >= 0.3 is 0 Å². The summed E-state index contributed by atoms with van der Waals surface area (Å²) in [5.74, 6) is 0. The maximum Gasteiger partial charge on any atom is 0.244 e. The van der Waals surface area contributed by atoms with Crippen molar-refractivity contribution in [2.75, 3.05) is 26.3 Å². The van der Waals surface area contributed by atoms with Crippen LogP contribution in [0.5, 0.6) is 0 Å². The van der Waals surface area contributed by atoms with Gasteiger partial charge in [-0.3, -0.25) is 0 Å². The van der Waals surface area contributed by atoms with Crippen LogP contribution in [0.15, 0.2) is 11.0 Å². The van der Waals surface area contributed by atoms with Gasteiger partial charge in [0.1, 0.15) is 0 Å². The Kier molecular flexibility index (Phi) is 6.41. The molecule has 19 heavy (non-hydrogen) atoms. The first-order valence-electron chi connectivity index (χ1n) is 6.34. The van der Waals surface area contributed by atoms with E-state index in [0.717, 1.165) is 9.75 Å². The van der Waals surface area contributed by atoms with Crippen LogP contribution in [0.4, 0.5) is 0 Å². The van der Waals surface area contributed by atoms with E-state index < -0.39 is 10.0 Å². The molecule has 0 saturated carbocycles. The summed E-state index contributed by atoms with van der Waals surface area (Å²) in [6, 6.07) is 1.68. The van der Waals surface area contributed by atoms with E-state index in [1.54, 1.807) is 6.07 Å². The maximum atomic E-state index is 12.5. The molecule has 1 aromatic rings. The van der Waals surface area contributed by atoms with Crippen LogP contribution >= 0.6 is 11.3 Å². The highest BCUT2D eigenvalue weighted by molar-refractivity contribution is 7.89. The molecule has 1 heterocycles. The highest BCUT2D eigenvalue weighted by Gasteiger charge is 2.26. The molecule has 1 aromatic heterocycles. The Morgan fingerprint density at radius 3 is 2.58 bits per heavy atom. The first-order chi connectivity index (χ1) is 8.97. The van der Waals surface area contributed by atoms with Gasteiger partial charge in [0, 0.05) is 36.0 Å². The van der Waals surface area contributed by atoms with Crippen molar-refractivity contribution in [3.8, 4) is 0 Å². The van der Waals surface area contributed by atoms with Crippen LogP contribution in [0.2, 0.25) is 0 Å². The second-order valence-electron chi connectivity index (χ2n) is 4.03. The summed E-state index contributed by atoms with van der Waals surface area (Å²) >= 11 is 1.44. The molecule has 2 N–H and O–H groups in total. The summed E-state index contributed by atoms with van der Waals surface area (Å²) in [6.07, 6.45) is 0. The lowest BCUT2D eigenvalue weighted by Gasteiger charge is -2.20. The monoisotopic (exact) mass is 306 g/mol. The van der Waals surface area contributed by atoms with Gasteiger partial charge in [-0.1, -0.05) is 6.92 Å². The summed E-state index contributed by atoms with van der Waals surface area (Å²) in [7, 11) is -3.44. The zero-order valence-electron chi connectivity index (χ0n) is 11.7. The van der Waals surface area contributed by atoms with Gasteiger partial charge in [0.05, 0.1) is 11.5 Å². The van der Waals surface area contributed by atoms with E-state index in [4.69, 9.17) is 10.5 Å². The molecule has 7 heteroatoms.